The third-order valence-corrected chi connectivity index (χ3v) is 5.28. The van der Waals surface area contributed by atoms with Crippen LogP contribution in [0.25, 0.3) is 21.9 Å². The van der Waals surface area contributed by atoms with Crippen LogP contribution in [0.4, 0.5) is 10.5 Å². The Hall–Kier alpha value is -3.00. The molecule has 1 aliphatic heterocycles. The van der Waals surface area contributed by atoms with Gasteiger partial charge in [-0.1, -0.05) is 36.4 Å². The number of methoxy groups -OCH3 is 1. The Balaban J connectivity index is 1.54. The number of nitrogens with zero attached hydrogens (tertiary/aromatic N) is 2. The van der Waals surface area contributed by atoms with Crippen molar-refractivity contribution in [3.8, 4) is 11.1 Å². The van der Waals surface area contributed by atoms with Gasteiger partial charge in [-0.05, 0) is 23.1 Å². The number of urea groups is 1. The molecule has 4 rings (SSSR count). The first kappa shape index (κ1) is 20.3. The Morgan fingerprint density at radius 3 is 2.80 bits per heavy atom. The number of hydrogen-bond donors (Lipinski definition) is 2. The molecule has 2 aromatic carbocycles. The van der Waals surface area contributed by atoms with Gasteiger partial charge in [0.1, 0.15) is 0 Å². The Bertz CT molecular complexity index is 1020. The van der Waals surface area contributed by atoms with Gasteiger partial charge >= 0.3 is 6.03 Å². The summed E-state index contributed by atoms with van der Waals surface area (Å²) in [7, 11) is 1.70. The number of carbonyl (C=O) groups excluding carboxylic acids is 1. The number of carbonyl (C=O) groups is 1. The van der Waals surface area contributed by atoms with Crippen LogP contribution in [0.3, 0.4) is 0 Å². The summed E-state index contributed by atoms with van der Waals surface area (Å²) in [5.74, 6) is 0. The number of fused-ring (bicyclic) bond motifs is 1. The van der Waals surface area contributed by atoms with E-state index in [-0.39, 0.29) is 6.10 Å². The van der Waals surface area contributed by atoms with Crippen molar-refractivity contribution in [2.75, 3.05) is 38.7 Å². The molecule has 7 nitrogen and oxygen atoms in total. The average molecular weight is 406 g/mol. The highest BCUT2D eigenvalue weighted by atomic mass is 16.5. The number of primary amides is 1. The van der Waals surface area contributed by atoms with Gasteiger partial charge in [0, 0.05) is 43.9 Å². The summed E-state index contributed by atoms with van der Waals surface area (Å²) in [6.45, 7) is 3.84. The van der Waals surface area contributed by atoms with Crippen LogP contribution in [-0.2, 0) is 16.0 Å². The maximum Gasteiger partial charge on any atom is 0.316 e. The monoisotopic (exact) mass is 406 g/mol. The second-order valence-corrected chi connectivity index (χ2v) is 7.42. The Morgan fingerprint density at radius 1 is 1.23 bits per heavy atom. The summed E-state index contributed by atoms with van der Waals surface area (Å²) in [6.07, 6.45) is 2.02. The second kappa shape index (κ2) is 9.21. The van der Waals surface area contributed by atoms with Crippen molar-refractivity contribution >= 4 is 22.5 Å². The second-order valence-electron chi connectivity index (χ2n) is 7.42. The van der Waals surface area contributed by atoms with Crippen LogP contribution in [0, 0.1) is 0 Å². The molecule has 1 fully saturated rings. The van der Waals surface area contributed by atoms with E-state index in [4.69, 9.17) is 20.2 Å². The molecule has 2 heterocycles. The first-order chi connectivity index (χ1) is 14.6. The number of morpholine rings is 1. The van der Waals surface area contributed by atoms with E-state index < -0.39 is 6.03 Å². The fourth-order valence-electron chi connectivity index (χ4n) is 3.91. The van der Waals surface area contributed by atoms with Crippen molar-refractivity contribution in [2.45, 2.75) is 12.6 Å². The van der Waals surface area contributed by atoms with Crippen molar-refractivity contribution in [2.24, 2.45) is 5.73 Å². The number of rotatable bonds is 6. The molecule has 1 atom stereocenters. The van der Waals surface area contributed by atoms with Crippen LogP contribution < -0.4 is 11.1 Å². The Labute approximate surface area is 175 Å². The molecular formula is C23H26N4O3. The molecule has 0 saturated carbocycles. The molecule has 3 aromatic rings. The normalized spacial score (nSPS) is 17.2. The van der Waals surface area contributed by atoms with Gasteiger partial charge < -0.3 is 20.5 Å². The quantitative estimate of drug-likeness (QED) is 0.656. The number of hydrogen-bond acceptors (Lipinski definition) is 5. The van der Waals surface area contributed by atoms with E-state index in [2.05, 4.69) is 22.3 Å². The van der Waals surface area contributed by atoms with Gasteiger partial charge in [-0.2, -0.15) is 0 Å². The smallest absolute Gasteiger partial charge is 0.316 e. The highest BCUT2D eigenvalue weighted by molar-refractivity contribution is 6.07. The van der Waals surface area contributed by atoms with Gasteiger partial charge in [0.05, 0.1) is 30.7 Å². The first-order valence-corrected chi connectivity index (χ1v) is 10.0. The van der Waals surface area contributed by atoms with E-state index in [1.807, 2.05) is 42.6 Å². The van der Waals surface area contributed by atoms with Gasteiger partial charge in [-0.25, -0.2) is 4.79 Å². The highest BCUT2D eigenvalue weighted by Crippen LogP contribution is 2.33. The molecule has 156 valence electrons. The first-order valence-electron chi connectivity index (χ1n) is 10.0. The molecule has 1 saturated heterocycles. The van der Waals surface area contributed by atoms with Crippen molar-refractivity contribution in [3.63, 3.8) is 0 Å². The van der Waals surface area contributed by atoms with E-state index in [1.165, 1.54) is 0 Å². The molecule has 2 amide bonds. The summed E-state index contributed by atoms with van der Waals surface area (Å²) in [6, 6.07) is 15.4. The number of nitrogens with two attached hydrogens (primary N) is 1. The number of amides is 2. The van der Waals surface area contributed by atoms with Crippen LogP contribution in [0.1, 0.15) is 5.69 Å². The van der Waals surface area contributed by atoms with E-state index in [9.17, 15) is 4.79 Å². The predicted octanol–water partition coefficient (Wildman–Crippen LogP) is 3.24. The lowest BCUT2D eigenvalue weighted by atomic mass is 9.98. The molecule has 0 aliphatic carbocycles. The number of anilines is 1. The van der Waals surface area contributed by atoms with Crippen LogP contribution >= 0.6 is 0 Å². The van der Waals surface area contributed by atoms with Gasteiger partial charge in [0.15, 0.2) is 0 Å². The summed E-state index contributed by atoms with van der Waals surface area (Å²) in [5, 5.41) is 4.67. The third kappa shape index (κ3) is 4.59. The minimum atomic E-state index is -0.574. The minimum absolute atomic E-state index is 0.113. The molecule has 30 heavy (non-hydrogen) atoms. The zero-order valence-electron chi connectivity index (χ0n) is 17.0. The minimum Gasteiger partial charge on any atom is -0.382 e. The average Bonchev–Trinajstić information content (AvgIpc) is 2.75. The fourth-order valence-corrected chi connectivity index (χ4v) is 3.91. The third-order valence-electron chi connectivity index (χ3n) is 5.28. The topological polar surface area (TPSA) is 89.7 Å². The lowest BCUT2D eigenvalue weighted by Gasteiger charge is -2.32. The number of ether oxygens (including phenoxy) is 2. The van der Waals surface area contributed by atoms with Crippen LogP contribution in [-0.4, -0.2) is 55.4 Å². The maximum atomic E-state index is 11.3. The summed E-state index contributed by atoms with van der Waals surface area (Å²) in [4.78, 5) is 18.3. The van der Waals surface area contributed by atoms with E-state index >= 15 is 0 Å². The van der Waals surface area contributed by atoms with Gasteiger partial charge in [0.25, 0.3) is 0 Å². The largest absolute Gasteiger partial charge is 0.382 e. The lowest BCUT2D eigenvalue weighted by molar-refractivity contribution is -0.0633. The van der Waals surface area contributed by atoms with Crippen molar-refractivity contribution in [3.05, 3.63) is 60.4 Å². The van der Waals surface area contributed by atoms with Crippen molar-refractivity contribution in [1.82, 2.24) is 9.88 Å². The maximum absolute atomic E-state index is 11.3. The lowest BCUT2D eigenvalue weighted by Crippen LogP contribution is -2.43. The van der Waals surface area contributed by atoms with E-state index in [0.717, 1.165) is 47.2 Å². The molecule has 3 N–H and O–H groups in total. The number of aromatic nitrogens is 1. The summed E-state index contributed by atoms with van der Waals surface area (Å²) < 4.78 is 10.9. The Kier molecular flexibility index (Phi) is 6.23. The van der Waals surface area contributed by atoms with Crippen molar-refractivity contribution < 1.29 is 14.3 Å². The van der Waals surface area contributed by atoms with Gasteiger partial charge in [-0.3, -0.25) is 9.88 Å². The zero-order chi connectivity index (χ0) is 20.9. The number of pyridine rings is 1. The summed E-state index contributed by atoms with van der Waals surface area (Å²) in [5.41, 5.74) is 9.11. The standard InChI is InChI=1S/C23H26N4O3/c1-29-15-18-14-27(10-11-30-18)13-17-7-6-16(12-25-17)19-8-9-22(26-23(24)28)21-5-3-2-4-20(19)21/h2-9,12,18H,10-11,13-15H2,1H3,(H3,24,26,28). The van der Waals surface area contributed by atoms with Crippen molar-refractivity contribution in [1.29, 1.82) is 0 Å². The molecule has 0 radical (unpaired) electrons. The summed E-state index contributed by atoms with van der Waals surface area (Å²) >= 11 is 0. The molecule has 0 spiro atoms. The predicted molar refractivity (Wildman–Crippen MR) is 117 cm³/mol. The van der Waals surface area contributed by atoms with Crippen LogP contribution in [0.2, 0.25) is 0 Å². The number of nitrogens with one attached hydrogen (secondary N) is 1. The SMILES string of the molecule is COCC1CN(Cc2ccc(-c3ccc(NC(N)=O)c4ccccc34)cn2)CCO1. The van der Waals surface area contributed by atoms with Gasteiger partial charge in [-0.15, -0.1) is 0 Å². The van der Waals surface area contributed by atoms with Gasteiger partial charge in [0.2, 0.25) is 0 Å². The molecular weight excluding hydrogens is 380 g/mol. The Morgan fingerprint density at radius 2 is 2.07 bits per heavy atom. The zero-order valence-corrected chi connectivity index (χ0v) is 17.0. The molecule has 0 bridgehead atoms. The highest BCUT2D eigenvalue weighted by Gasteiger charge is 2.20. The van der Waals surface area contributed by atoms with E-state index in [1.54, 1.807) is 7.11 Å². The molecule has 1 aliphatic rings. The van der Waals surface area contributed by atoms with Crippen LogP contribution in [0.5, 0.6) is 0 Å². The van der Waals surface area contributed by atoms with Crippen LogP contribution in [0.15, 0.2) is 54.7 Å². The van der Waals surface area contributed by atoms with E-state index in [0.29, 0.717) is 18.9 Å². The molecule has 1 unspecified atom stereocenters. The molecule has 1 aromatic heterocycles. The number of benzene rings is 2. The fraction of sp³-hybridized carbons (Fsp3) is 0.304. The molecule has 7 heteroatoms.